The summed E-state index contributed by atoms with van der Waals surface area (Å²) in [6, 6.07) is 17.4. The number of aliphatic imine (C=N–C) groups is 1. The van der Waals surface area contributed by atoms with E-state index < -0.39 is 0 Å². The van der Waals surface area contributed by atoms with Crippen LogP contribution < -0.4 is 15.8 Å². The number of guanidine groups is 1. The molecular formula is C19H25IN4O. The molecule has 1 saturated heterocycles. The summed E-state index contributed by atoms with van der Waals surface area (Å²) in [6.07, 6.45) is 1.19. The van der Waals surface area contributed by atoms with Crippen molar-refractivity contribution >= 4 is 35.6 Å². The zero-order valence-electron chi connectivity index (χ0n) is 14.4. The Kier molecular flexibility index (Phi) is 7.52. The van der Waals surface area contributed by atoms with Crippen LogP contribution in [0.1, 0.15) is 6.42 Å². The van der Waals surface area contributed by atoms with E-state index in [0.29, 0.717) is 11.9 Å². The van der Waals surface area contributed by atoms with Crippen LogP contribution in [0.2, 0.25) is 0 Å². The van der Waals surface area contributed by atoms with Crippen LogP contribution in [0, 0.1) is 5.92 Å². The molecule has 0 bridgehead atoms. The van der Waals surface area contributed by atoms with E-state index in [0.717, 1.165) is 36.8 Å². The maximum Gasteiger partial charge on any atom is 0.193 e. The van der Waals surface area contributed by atoms with Crippen molar-refractivity contribution in [3.8, 4) is 11.5 Å². The first-order valence-electron chi connectivity index (χ1n) is 8.27. The van der Waals surface area contributed by atoms with Gasteiger partial charge in [-0.15, -0.1) is 24.0 Å². The van der Waals surface area contributed by atoms with Crippen molar-refractivity contribution in [1.29, 1.82) is 0 Å². The molecule has 0 saturated carbocycles. The van der Waals surface area contributed by atoms with Crippen molar-refractivity contribution in [2.45, 2.75) is 6.42 Å². The molecule has 0 radical (unpaired) electrons. The third kappa shape index (κ3) is 6.21. The number of nitrogens with two attached hydrogens (primary N) is 1. The van der Waals surface area contributed by atoms with Crippen LogP contribution in [0.4, 0.5) is 5.69 Å². The van der Waals surface area contributed by atoms with Gasteiger partial charge in [0.25, 0.3) is 0 Å². The first kappa shape index (κ1) is 19.5. The second-order valence-electron chi connectivity index (χ2n) is 6.21. The van der Waals surface area contributed by atoms with E-state index in [9.17, 15) is 0 Å². The van der Waals surface area contributed by atoms with E-state index >= 15 is 0 Å². The second kappa shape index (κ2) is 9.62. The van der Waals surface area contributed by atoms with Gasteiger partial charge in [0.2, 0.25) is 0 Å². The third-order valence-corrected chi connectivity index (χ3v) is 4.09. The fourth-order valence-corrected chi connectivity index (χ4v) is 2.85. The van der Waals surface area contributed by atoms with Gasteiger partial charge in [0.1, 0.15) is 11.5 Å². The van der Waals surface area contributed by atoms with E-state index in [-0.39, 0.29) is 24.0 Å². The van der Waals surface area contributed by atoms with Gasteiger partial charge >= 0.3 is 0 Å². The smallest absolute Gasteiger partial charge is 0.193 e. The Hall–Kier alpha value is -1.80. The molecule has 2 aromatic carbocycles. The van der Waals surface area contributed by atoms with Crippen molar-refractivity contribution in [3.05, 3.63) is 54.6 Å². The van der Waals surface area contributed by atoms with Crippen LogP contribution in [0.5, 0.6) is 11.5 Å². The maximum absolute atomic E-state index is 6.01. The number of rotatable bonds is 5. The Bertz CT molecular complexity index is 693. The molecule has 1 atom stereocenters. The highest BCUT2D eigenvalue weighted by atomic mass is 127. The van der Waals surface area contributed by atoms with Crippen molar-refractivity contribution in [3.63, 3.8) is 0 Å². The normalized spacial score (nSPS) is 17.8. The fourth-order valence-electron chi connectivity index (χ4n) is 2.85. The average molecular weight is 452 g/mol. The van der Waals surface area contributed by atoms with Gasteiger partial charge in [-0.3, -0.25) is 4.99 Å². The van der Waals surface area contributed by atoms with Crippen molar-refractivity contribution in [2.24, 2.45) is 16.6 Å². The Balaban J connectivity index is 0.00000225. The Morgan fingerprint density at radius 2 is 1.96 bits per heavy atom. The van der Waals surface area contributed by atoms with Gasteiger partial charge in [0, 0.05) is 24.8 Å². The SMILES string of the molecule is CN1CCC(CN=C(N)Nc2cccc(Oc3ccccc3)c2)C1.I. The highest BCUT2D eigenvalue weighted by Crippen LogP contribution is 2.23. The largest absolute Gasteiger partial charge is 0.457 e. The van der Waals surface area contributed by atoms with Gasteiger partial charge in [0.15, 0.2) is 5.96 Å². The Labute approximate surface area is 166 Å². The van der Waals surface area contributed by atoms with E-state index in [2.05, 4.69) is 22.3 Å². The highest BCUT2D eigenvalue weighted by Gasteiger charge is 2.18. The lowest BCUT2D eigenvalue weighted by atomic mass is 10.1. The number of halogens is 1. The molecule has 5 nitrogen and oxygen atoms in total. The number of para-hydroxylation sites is 1. The van der Waals surface area contributed by atoms with Gasteiger partial charge in [-0.25, -0.2) is 0 Å². The summed E-state index contributed by atoms with van der Waals surface area (Å²) >= 11 is 0. The van der Waals surface area contributed by atoms with Crippen LogP contribution in [-0.2, 0) is 0 Å². The molecule has 134 valence electrons. The highest BCUT2D eigenvalue weighted by molar-refractivity contribution is 14.0. The van der Waals surface area contributed by atoms with Crippen molar-refractivity contribution in [2.75, 3.05) is 32.0 Å². The average Bonchev–Trinajstić information content (AvgIpc) is 3.00. The monoisotopic (exact) mass is 452 g/mol. The molecule has 6 heteroatoms. The minimum atomic E-state index is 0. The molecule has 3 rings (SSSR count). The molecule has 1 aliphatic rings. The van der Waals surface area contributed by atoms with Gasteiger partial charge in [-0.05, 0) is 50.2 Å². The maximum atomic E-state index is 6.01. The molecule has 25 heavy (non-hydrogen) atoms. The number of anilines is 1. The molecule has 1 unspecified atom stereocenters. The van der Waals surface area contributed by atoms with E-state index in [4.69, 9.17) is 10.5 Å². The second-order valence-corrected chi connectivity index (χ2v) is 6.21. The predicted octanol–water partition coefficient (Wildman–Crippen LogP) is 3.78. The minimum absolute atomic E-state index is 0. The number of nitrogens with zero attached hydrogens (tertiary/aromatic N) is 2. The van der Waals surface area contributed by atoms with Crippen LogP contribution in [-0.4, -0.2) is 37.5 Å². The number of benzene rings is 2. The lowest BCUT2D eigenvalue weighted by Gasteiger charge is -2.11. The van der Waals surface area contributed by atoms with Crippen molar-refractivity contribution < 1.29 is 4.74 Å². The summed E-state index contributed by atoms with van der Waals surface area (Å²) in [4.78, 5) is 6.79. The number of ether oxygens (including phenoxy) is 1. The van der Waals surface area contributed by atoms with E-state index in [1.54, 1.807) is 0 Å². The van der Waals surface area contributed by atoms with Gasteiger partial charge in [0.05, 0.1) is 0 Å². The van der Waals surface area contributed by atoms with Crippen LogP contribution in [0.15, 0.2) is 59.6 Å². The van der Waals surface area contributed by atoms with Crippen LogP contribution in [0.25, 0.3) is 0 Å². The quantitative estimate of drug-likeness (QED) is 0.412. The number of hydrogen-bond donors (Lipinski definition) is 2. The number of hydrogen-bond acceptors (Lipinski definition) is 3. The molecule has 2 aromatic rings. The molecule has 1 fully saturated rings. The third-order valence-electron chi connectivity index (χ3n) is 4.09. The van der Waals surface area contributed by atoms with Gasteiger partial charge in [-0.1, -0.05) is 24.3 Å². The molecule has 3 N–H and O–H groups in total. The molecule has 1 heterocycles. The zero-order valence-corrected chi connectivity index (χ0v) is 16.7. The summed E-state index contributed by atoms with van der Waals surface area (Å²) < 4.78 is 5.83. The molecular weight excluding hydrogens is 427 g/mol. The lowest BCUT2D eigenvalue weighted by Crippen LogP contribution is -2.24. The summed E-state index contributed by atoms with van der Waals surface area (Å²) in [5, 5.41) is 3.14. The summed E-state index contributed by atoms with van der Waals surface area (Å²) in [6.45, 7) is 3.01. The minimum Gasteiger partial charge on any atom is -0.457 e. The van der Waals surface area contributed by atoms with Gasteiger partial charge < -0.3 is 20.7 Å². The Morgan fingerprint density at radius 3 is 2.68 bits per heavy atom. The predicted molar refractivity (Wildman–Crippen MR) is 114 cm³/mol. The zero-order chi connectivity index (χ0) is 16.8. The summed E-state index contributed by atoms with van der Waals surface area (Å²) in [5.41, 5.74) is 6.87. The molecule has 0 spiro atoms. The standard InChI is InChI=1S/C19H24N4O.HI/c1-23-11-10-15(14-23)13-21-19(20)22-16-6-5-9-18(12-16)24-17-7-3-2-4-8-17;/h2-9,12,15H,10-11,13-14H2,1H3,(H3,20,21,22);1H. The summed E-state index contributed by atoms with van der Waals surface area (Å²) in [5.74, 6) is 2.61. The first-order valence-corrected chi connectivity index (χ1v) is 8.27. The molecule has 0 aromatic heterocycles. The van der Waals surface area contributed by atoms with Crippen LogP contribution >= 0.6 is 24.0 Å². The molecule has 1 aliphatic heterocycles. The molecule has 0 aliphatic carbocycles. The topological polar surface area (TPSA) is 62.9 Å². The summed E-state index contributed by atoms with van der Waals surface area (Å²) in [7, 11) is 2.14. The fraction of sp³-hybridized carbons (Fsp3) is 0.316. The van der Waals surface area contributed by atoms with Gasteiger partial charge in [-0.2, -0.15) is 0 Å². The Morgan fingerprint density at radius 1 is 1.20 bits per heavy atom. The van der Waals surface area contributed by atoms with Crippen LogP contribution in [0.3, 0.4) is 0 Å². The van der Waals surface area contributed by atoms with E-state index in [1.165, 1.54) is 6.42 Å². The number of nitrogens with one attached hydrogen (secondary N) is 1. The first-order chi connectivity index (χ1) is 11.7. The van der Waals surface area contributed by atoms with Crippen molar-refractivity contribution in [1.82, 2.24) is 4.90 Å². The van der Waals surface area contributed by atoms with E-state index in [1.807, 2.05) is 54.6 Å². The number of likely N-dealkylation sites (tertiary alicyclic amines) is 1. The molecule has 0 amide bonds. The lowest BCUT2D eigenvalue weighted by molar-refractivity contribution is 0.397.